The molecule has 1 N–H and O–H groups in total. The third kappa shape index (κ3) is 4.43. The number of hydrogen-bond acceptors (Lipinski definition) is 4. The molecule has 3 atom stereocenters. The van der Waals surface area contributed by atoms with Gasteiger partial charge in [0.15, 0.2) is 11.5 Å². The van der Waals surface area contributed by atoms with Crippen LogP contribution in [0.25, 0.3) is 0 Å². The highest BCUT2D eigenvalue weighted by Gasteiger charge is 2.34. The largest absolute Gasteiger partial charge is 0.490 e. The fourth-order valence-corrected chi connectivity index (χ4v) is 4.32. The summed E-state index contributed by atoms with van der Waals surface area (Å²) in [6, 6.07) is 12.1. The van der Waals surface area contributed by atoms with Gasteiger partial charge in [-0.25, -0.2) is 4.39 Å². The Morgan fingerprint density at radius 2 is 1.80 bits per heavy atom. The molecular formula is C24H29FN2O3. The van der Waals surface area contributed by atoms with E-state index in [9.17, 15) is 9.18 Å². The summed E-state index contributed by atoms with van der Waals surface area (Å²) in [5.74, 6) is 1.28. The van der Waals surface area contributed by atoms with Crippen LogP contribution >= 0.6 is 0 Å². The molecule has 5 nitrogen and oxygen atoms in total. The van der Waals surface area contributed by atoms with Crippen LogP contribution < -0.4 is 14.8 Å². The summed E-state index contributed by atoms with van der Waals surface area (Å²) in [7, 11) is 0. The Morgan fingerprint density at radius 1 is 1.07 bits per heavy atom. The molecule has 1 fully saturated rings. The van der Waals surface area contributed by atoms with Gasteiger partial charge in [0, 0.05) is 12.5 Å². The number of halogens is 1. The van der Waals surface area contributed by atoms with Gasteiger partial charge in [0.05, 0.1) is 25.3 Å². The first-order chi connectivity index (χ1) is 14.5. The summed E-state index contributed by atoms with van der Waals surface area (Å²) in [5, 5.41) is 3.07. The fraction of sp³-hybridized carbons (Fsp3) is 0.458. The quantitative estimate of drug-likeness (QED) is 0.791. The van der Waals surface area contributed by atoms with Crippen molar-refractivity contribution < 1.29 is 18.7 Å². The zero-order valence-electron chi connectivity index (χ0n) is 17.6. The first-order valence-corrected chi connectivity index (χ1v) is 10.7. The standard InChI is InChI=1S/C24H29FN2O3/c1-16(18-6-9-20(25)10-7-18)26-24(28)17(2)27-12-3-5-21(27)19-8-11-22-23(15-19)30-14-4-13-29-22/h6-11,15-17,21H,3-5,12-14H2,1-2H3,(H,26,28)/t16-,17-,21+/m0/s1. The van der Waals surface area contributed by atoms with Gasteiger partial charge in [-0.05, 0) is 68.6 Å². The summed E-state index contributed by atoms with van der Waals surface area (Å²) in [5.41, 5.74) is 2.04. The predicted octanol–water partition coefficient (Wildman–Crippen LogP) is 4.39. The van der Waals surface area contributed by atoms with Crippen LogP contribution in [-0.4, -0.2) is 36.6 Å². The van der Waals surface area contributed by atoms with Gasteiger partial charge in [-0.3, -0.25) is 9.69 Å². The lowest BCUT2D eigenvalue weighted by atomic mass is 10.0. The second-order valence-corrected chi connectivity index (χ2v) is 8.11. The van der Waals surface area contributed by atoms with Gasteiger partial charge in [-0.15, -0.1) is 0 Å². The Bertz CT molecular complexity index is 887. The maximum atomic E-state index is 13.2. The molecule has 1 amide bonds. The van der Waals surface area contributed by atoms with Crippen molar-refractivity contribution in [3.8, 4) is 11.5 Å². The molecule has 0 unspecified atom stereocenters. The highest BCUT2D eigenvalue weighted by atomic mass is 19.1. The summed E-state index contributed by atoms with van der Waals surface area (Å²) in [6.07, 6.45) is 2.93. The zero-order valence-corrected chi connectivity index (χ0v) is 17.6. The molecule has 2 heterocycles. The van der Waals surface area contributed by atoms with E-state index in [0.29, 0.717) is 13.2 Å². The maximum absolute atomic E-state index is 13.2. The minimum Gasteiger partial charge on any atom is -0.490 e. The molecule has 0 aliphatic carbocycles. The second kappa shape index (κ2) is 9.04. The molecule has 0 saturated carbocycles. The molecule has 30 heavy (non-hydrogen) atoms. The highest BCUT2D eigenvalue weighted by Crippen LogP contribution is 2.38. The first-order valence-electron chi connectivity index (χ1n) is 10.7. The van der Waals surface area contributed by atoms with Crippen LogP contribution in [0.4, 0.5) is 4.39 Å². The Morgan fingerprint density at radius 3 is 2.57 bits per heavy atom. The molecule has 2 aliphatic heterocycles. The van der Waals surface area contributed by atoms with Gasteiger partial charge in [-0.1, -0.05) is 18.2 Å². The number of rotatable bonds is 5. The number of ether oxygens (including phenoxy) is 2. The van der Waals surface area contributed by atoms with E-state index >= 15 is 0 Å². The van der Waals surface area contributed by atoms with Crippen LogP contribution in [0.1, 0.15) is 56.3 Å². The van der Waals surface area contributed by atoms with Crippen LogP contribution in [0.2, 0.25) is 0 Å². The maximum Gasteiger partial charge on any atom is 0.237 e. The van der Waals surface area contributed by atoms with Crippen molar-refractivity contribution in [2.75, 3.05) is 19.8 Å². The van der Waals surface area contributed by atoms with E-state index in [0.717, 1.165) is 48.4 Å². The van der Waals surface area contributed by atoms with Crippen LogP contribution in [0.15, 0.2) is 42.5 Å². The Kier molecular flexibility index (Phi) is 6.23. The lowest BCUT2D eigenvalue weighted by Crippen LogP contribution is -2.45. The fourth-order valence-electron chi connectivity index (χ4n) is 4.32. The third-order valence-corrected chi connectivity index (χ3v) is 6.06. The lowest BCUT2D eigenvalue weighted by Gasteiger charge is -2.31. The van der Waals surface area contributed by atoms with Gasteiger partial charge in [-0.2, -0.15) is 0 Å². The van der Waals surface area contributed by atoms with Crippen molar-refractivity contribution in [3.05, 3.63) is 59.4 Å². The number of carbonyl (C=O) groups is 1. The molecule has 2 aromatic rings. The SMILES string of the molecule is C[C@H](NC(=O)[C@H](C)N1CCC[C@@H]1c1ccc2c(c1)OCCCO2)c1ccc(F)cc1. The number of nitrogens with one attached hydrogen (secondary N) is 1. The van der Waals surface area contributed by atoms with Crippen LogP contribution in [0.5, 0.6) is 11.5 Å². The van der Waals surface area contributed by atoms with E-state index in [1.54, 1.807) is 12.1 Å². The summed E-state index contributed by atoms with van der Waals surface area (Å²) < 4.78 is 24.8. The van der Waals surface area contributed by atoms with Crippen molar-refractivity contribution >= 4 is 5.91 Å². The number of benzene rings is 2. The Balaban J connectivity index is 1.45. The zero-order chi connectivity index (χ0) is 21.1. The molecule has 0 bridgehead atoms. The molecule has 0 aromatic heterocycles. The molecule has 160 valence electrons. The number of nitrogens with zero attached hydrogens (tertiary/aromatic N) is 1. The van der Waals surface area contributed by atoms with Crippen LogP contribution in [-0.2, 0) is 4.79 Å². The number of fused-ring (bicyclic) bond motifs is 1. The van der Waals surface area contributed by atoms with E-state index in [2.05, 4.69) is 22.3 Å². The average Bonchev–Trinajstić information content (AvgIpc) is 3.12. The molecular weight excluding hydrogens is 383 g/mol. The minimum atomic E-state index is -0.277. The molecule has 0 radical (unpaired) electrons. The summed E-state index contributed by atoms with van der Waals surface area (Å²) in [6.45, 7) is 6.08. The monoisotopic (exact) mass is 412 g/mol. The predicted molar refractivity (Wildman–Crippen MR) is 113 cm³/mol. The highest BCUT2D eigenvalue weighted by molar-refractivity contribution is 5.81. The Labute approximate surface area is 177 Å². The van der Waals surface area contributed by atoms with E-state index < -0.39 is 0 Å². The summed E-state index contributed by atoms with van der Waals surface area (Å²) >= 11 is 0. The Hall–Kier alpha value is -2.60. The second-order valence-electron chi connectivity index (χ2n) is 8.11. The van der Waals surface area contributed by atoms with E-state index in [4.69, 9.17) is 9.47 Å². The molecule has 2 aliphatic rings. The molecule has 6 heteroatoms. The number of carbonyl (C=O) groups excluding carboxylic acids is 1. The minimum absolute atomic E-state index is 0.0203. The summed E-state index contributed by atoms with van der Waals surface area (Å²) in [4.78, 5) is 15.2. The van der Waals surface area contributed by atoms with Gasteiger partial charge < -0.3 is 14.8 Å². The lowest BCUT2D eigenvalue weighted by molar-refractivity contribution is -0.126. The number of likely N-dealkylation sites (tertiary alicyclic amines) is 1. The normalized spacial score (nSPS) is 21.0. The molecule has 2 aromatic carbocycles. The van der Waals surface area contributed by atoms with Crippen molar-refractivity contribution in [3.63, 3.8) is 0 Å². The van der Waals surface area contributed by atoms with Crippen LogP contribution in [0, 0.1) is 5.82 Å². The first kappa shape index (κ1) is 20.7. The van der Waals surface area contributed by atoms with Crippen molar-refractivity contribution in [2.45, 2.75) is 51.2 Å². The van der Waals surface area contributed by atoms with Gasteiger partial charge in [0.1, 0.15) is 5.82 Å². The smallest absolute Gasteiger partial charge is 0.237 e. The van der Waals surface area contributed by atoms with E-state index in [1.165, 1.54) is 12.1 Å². The van der Waals surface area contributed by atoms with E-state index in [-0.39, 0.29) is 29.8 Å². The third-order valence-electron chi connectivity index (χ3n) is 6.06. The van der Waals surface area contributed by atoms with E-state index in [1.807, 2.05) is 19.9 Å². The van der Waals surface area contributed by atoms with Crippen LogP contribution in [0.3, 0.4) is 0 Å². The van der Waals surface area contributed by atoms with Crippen molar-refractivity contribution in [2.24, 2.45) is 0 Å². The van der Waals surface area contributed by atoms with Gasteiger partial charge in [0.25, 0.3) is 0 Å². The van der Waals surface area contributed by atoms with Crippen molar-refractivity contribution in [1.82, 2.24) is 10.2 Å². The van der Waals surface area contributed by atoms with Gasteiger partial charge in [0.2, 0.25) is 5.91 Å². The molecule has 4 rings (SSSR count). The van der Waals surface area contributed by atoms with Crippen molar-refractivity contribution in [1.29, 1.82) is 0 Å². The molecule has 0 spiro atoms. The average molecular weight is 413 g/mol. The van der Waals surface area contributed by atoms with Gasteiger partial charge >= 0.3 is 0 Å². The molecule has 1 saturated heterocycles. The topological polar surface area (TPSA) is 50.8 Å². The number of amides is 1. The number of hydrogen-bond donors (Lipinski definition) is 1.